The van der Waals surface area contributed by atoms with E-state index in [1.807, 2.05) is 6.20 Å². The van der Waals surface area contributed by atoms with Gasteiger partial charge >= 0.3 is 0 Å². The molecule has 0 amide bonds. The molecular formula is C16H20N4. The van der Waals surface area contributed by atoms with E-state index in [0.717, 1.165) is 49.6 Å². The summed E-state index contributed by atoms with van der Waals surface area (Å²) in [5.74, 6) is 0. The highest BCUT2D eigenvalue weighted by Gasteiger charge is 2.18. The molecule has 0 aliphatic carbocycles. The molecule has 0 saturated carbocycles. The molecule has 2 N–H and O–H groups in total. The van der Waals surface area contributed by atoms with Gasteiger partial charge in [-0.2, -0.15) is 0 Å². The average molecular weight is 268 g/mol. The van der Waals surface area contributed by atoms with E-state index in [4.69, 9.17) is 10.7 Å². The molecule has 0 fully saturated rings. The van der Waals surface area contributed by atoms with Crippen LogP contribution in [0.3, 0.4) is 0 Å². The first kappa shape index (κ1) is 13.2. The minimum Gasteiger partial charge on any atom is -0.330 e. The van der Waals surface area contributed by atoms with Crippen molar-refractivity contribution in [3.63, 3.8) is 0 Å². The maximum Gasteiger partial charge on any atom is 0.0762 e. The fraction of sp³-hybridized carbons (Fsp3) is 0.375. The van der Waals surface area contributed by atoms with Gasteiger partial charge in [-0.25, -0.2) is 0 Å². The van der Waals surface area contributed by atoms with Gasteiger partial charge in [-0.3, -0.25) is 14.9 Å². The second-order valence-corrected chi connectivity index (χ2v) is 5.24. The molecule has 20 heavy (non-hydrogen) atoms. The number of nitrogens with two attached hydrogens (primary N) is 1. The van der Waals surface area contributed by atoms with E-state index in [-0.39, 0.29) is 0 Å². The third kappa shape index (κ3) is 3.03. The lowest BCUT2D eigenvalue weighted by molar-refractivity contribution is 0.239. The van der Waals surface area contributed by atoms with E-state index < -0.39 is 0 Å². The predicted molar refractivity (Wildman–Crippen MR) is 79.1 cm³/mol. The number of rotatable bonds is 4. The summed E-state index contributed by atoms with van der Waals surface area (Å²) in [6, 6.07) is 10.6. The van der Waals surface area contributed by atoms with Crippen molar-refractivity contribution in [3.8, 4) is 0 Å². The van der Waals surface area contributed by atoms with E-state index in [9.17, 15) is 0 Å². The highest BCUT2D eigenvalue weighted by Crippen LogP contribution is 2.17. The van der Waals surface area contributed by atoms with Crippen LogP contribution in [0.5, 0.6) is 0 Å². The quantitative estimate of drug-likeness (QED) is 0.914. The second kappa shape index (κ2) is 6.11. The molecule has 104 valence electrons. The zero-order chi connectivity index (χ0) is 13.8. The molecule has 3 rings (SSSR count). The maximum atomic E-state index is 5.59. The first-order chi connectivity index (χ1) is 9.85. The van der Waals surface area contributed by atoms with Crippen LogP contribution in [0.15, 0.2) is 36.5 Å². The van der Waals surface area contributed by atoms with Crippen molar-refractivity contribution in [3.05, 3.63) is 59.2 Å². The largest absolute Gasteiger partial charge is 0.330 e. The number of nitrogens with zero attached hydrogens (tertiary/aromatic N) is 3. The fourth-order valence-electron chi connectivity index (χ4n) is 2.63. The Morgan fingerprint density at radius 3 is 2.80 bits per heavy atom. The third-order valence-corrected chi connectivity index (χ3v) is 3.67. The monoisotopic (exact) mass is 268 g/mol. The van der Waals surface area contributed by atoms with Gasteiger partial charge in [0.15, 0.2) is 0 Å². The Hall–Kier alpha value is -1.78. The zero-order valence-electron chi connectivity index (χ0n) is 11.6. The smallest absolute Gasteiger partial charge is 0.0762 e. The van der Waals surface area contributed by atoms with Crippen molar-refractivity contribution in [2.45, 2.75) is 25.9 Å². The van der Waals surface area contributed by atoms with Crippen LogP contribution in [0.4, 0.5) is 0 Å². The van der Waals surface area contributed by atoms with E-state index in [2.05, 4.69) is 40.2 Å². The predicted octanol–water partition coefficient (Wildman–Crippen LogP) is 1.54. The number of hydrogen-bond donors (Lipinski definition) is 1. The topological polar surface area (TPSA) is 55.0 Å². The van der Waals surface area contributed by atoms with Gasteiger partial charge in [0.05, 0.1) is 17.1 Å². The summed E-state index contributed by atoms with van der Waals surface area (Å²) in [6.07, 6.45) is 3.66. The van der Waals surface area contributed by atoms with Crippen molar-refractivity contribution in [2.75, 3.05) is 13.1 Å². The molecule has 0 radical (unpaired) electrons. The molecule has 2 aromatic rings. The van der Waals surface area contributed by atoms with Gasteiger partial charge in [-0.1, -0.05) is 30.3 Å². The lowest BCUT2D eigenvalue weighted by atomic mass is 10.1. The Kier molecular flexibility index (Phi) is 4.04. The molecule has 4 heteroatoms. The lowest BCUT2D eigenvalue weighted by Gasteiger charge is -2.27. The number of aromatic nitrogens is 2. The van der Waals surface area contributed by atoms with Gasteiger partial charge < -0.3 is 5.73 Å². The highest BCUT2D eigenvalue weighted by molar-refractivity contribution is 5.19. The molecule has 0 atom stereocenters. The highest BCUT2D eigenvalue weighted by atomic mass is 15.1. The van der Waals surface area contributed by atoms with Gasteiger partial charge in [0.2, 0.25) is 0 Å². The molecule has 0 saturated heterocycles. The van der Waals surface area contributed by atoms with Gasteiger partial charge in [0.25, 0.3) is 0 Å². The van der Waals surface area contributed by atoms with Crippen LogP contribution in [0, 0.1) is 0 Å². The molecule has 1 aliphatic rings. The van der Waals surface area contributed by atoms with Gasteiger partial charge in [0, 0.05) is 38.7 Å². The van der Waals surface area contributed by atoms with Gasteiger partial charge in [-0.15, -0.1) is 0 Å². The summed E-state index contributed by atoms with van der Waals surface area (Å²) in [5.41, 5.74) is 10.2. The SMILES string of the molecule is NCCc1cnc2c(n1)CN(Cc1ccccc1)CC2. The van der Waals surface area contributed by atoms with Gasteiger partial charge in [-0.05, 0) is 12.1 Å². The standard InChI is InChI=1S/C16H20N4/c17-8-6-14-10-18-15-7-9-20(12-16(15)19-14)11-13-4-2-1-3-5-13/h1-5,10H,6-9,11-12,17H2. The summed E-state index contributed by atoms with van der Waals surface area (Å²) < 4.78 is 0. The van der Waals surface area contributed by atoms with Crippen molar-refractivity contribution < 1.29 is 0 Å². The lowest BCUT2D eigenvalue weighted by Crippen LogP contribution is -2.31. The summed E-state index contributed by atoms with van der Waals surface area (Å²) >= 11 is 0. The van der Waals surface area contributed by atoms with Crippen molar-refractivity contribution in [1.29, 1.82) is 0 Å². The number of benzene rings is 1. The molecule has 0 bridgehead atoms. The van der Waals surface area contributed by atoms with Crippen LogP contribution in [0.2, 0.25) is 0 Å². The summed E-state index contributed by atoms with van der Waals surface area (Å²) in [4.78, 5) is 11.7. The second-order valence-electron chi connectivity index (χ2n) is 5.24. The minimum absolute atomic E-state index is 0.626. The molecule has 1 aromatic carbocycles. The van der Waals surface area contributed by atoms with Gasteiger partial charge in [0.1, 0.15) is 0 Å². The first-order valence-electron chi connectivity index (χ1n) is 7.15. The van der Waals surface area contributed by atoms with Crippen LogP contribution in [-0.4, -0.2) is 28.0 Å². The minimum atomic E-state index is 0.626. The van der Waals surface area contributed by atoms with Crippen LogP contribution in [0.25, 0.3) is 0 Å². The Bertz CT molecular complexity index is 568. The van der Waals surface area contributed by atoms with Crippen LogP contribution >= 0.6 is 0 Å². The van der Waals surface area contributed by atoms with E-state index in [0.29, 0.717) is 6.54 Å². The van der Waals surface area contributed by atoms with Crippen LogP contribution in [0.1, 0.15) is 22.6 Å². The van der Waals surface area contributed by atoms with E-state index >= 15 is 0 Å². The fourth-order valence-corrected chi connectivity index (χ4v) is 2.63. The molecular weight excluding hydrogens is 248 g/mol. The molecule has 1 aliphatic heterocycles. The summed E-state index contributed by atoms with van der Waals surface area (Å²) in [5, 5.41) is 0. The van der Waals surface area contributed by atoms with E-state index in [1.54, 1.807) is 0 Å². The van der Waals surface area contributed by atoms with Crippen LogP contribution in [-0.2, 0) is 25.9 Å². The summed E-state index contributed by atoms with van der Waals surface area (Å²) in [6.45, 7) is 3.53. The van der Waals surface area contributed by atoms with Crippen LogP contribution < -0.4 is 5.73 Å². The molecule has 0 unspecified atom stereocenters. The Morgan fingerprint density at radius 1 is 1.15 bits per heavy atom. The maximum absolute atomic E-state index is 5.59. The summed E-state index contributed by atoms with van der Waals surface area (Å²) in [7, 11) is 0. The number of hydrogen-bond acceptors (Lipinski definition) is 4. The molecule has 2 heterocycles. The zero-order valence-corrected chi connectivity index (χ0v) is 11.6. The van der Waals surface area contributed by atoms with Crippen molar-refractivity contribution >= 4 is 0 Å². The Labute approximate surface area is 119 Å². The average Bonchev–Trinajstić information content (AvgIpc) is 2.48. The molecule has 4 nitrogen and oxygen atoms in total. The number of fused-ring (bicyclic) bond motifs is 1. The molecule has 1 aromatic heterocycles. The van der Waals surface area contributed by atoms with E-state index in [1.165, 1.54) is 5.56 Å². The van der Waals surface area contributed by atoms with Crippen molar-refractivity contribution in [1.82, 2.24) is 14.9 Å². The first-order valence-corrected chi connectivity index (χ1v) is 7.15. The Morgan fingerprint density at radius 2 is 2.00 bits per heavy atom. The Balaban J connectivity index is 1.72. The van der Waals surface area contributed by atoms with Crippen molar-refractivity contribution in [2.24, 2.45) is 5.73 Å². The normalized spacial score (nSPS) is 15.1. The molecule has 0 spiro atoms. The third-order valence-electron chi connectivity index (χ3n) is 3.67.